The predicted molar refractivity (Wildman–Crippen MR) is 90.8 cm³/mol. The number of carbonyl (C=O) groups excluding carboxylic acids is 1. The SMILES string of the molecule is Cc1cc(C(=O)NC2CCCCC2)nc(N2CCN(C)CC2)n1. The molecule has 0 atom stereocenters. The molecule has 126 valence electrons. The van der Waals surface area contributed by atoms with E-state index in [1.807, 2.05) is 6.92 Å². The molecular formula is C17H27N5O. The van der Waals surface area contributed by atoms with Gasteiger partial charge in [-0.3, -0.25) is 4.79 Å². The topological polar surface area (TPSA) is 61.4 Å². The normalized spacial score (nSPS) is 20.5. The molecule has 0 unspecified atom stereocenters. The molecule has 0 aromatic carbocycles. The molecule has 1 saturated heterocycles. The first-order valence-electron chi connectivity index (χ1n) is 8.72. The third-order valence-corrected chi connectivity index (χ3v) is 4.80. The molecule has 6 nitrogen and oxygen atoms in total. The van der Waals surface area contributed by atoms with E-state index < -0.39 is 0 Å². The maximum absolute atomic E-state index is 12.5. The Morgan fingerprint density at radius 2 is 1.83 bits per heavy atom. The highest BCUT2D eigenvalue weighted by molar-refractivity contribution is 5.92. The molecule has 0 radical (unpaired) electrons. The number of aryl methyl sites for hydroxylation is 1. The second-order valence-corrected chi connectivity index (χ2v) is 6.79. The minimum atomic E-state index is -0.0576. The molecule has 23 heavy (non-hydrogen) atoms. The van der Waals surface area contributed by atoms with Crippen molar-refractivity contribution in [2.75, 3.05) is 38.1 Å². The highest BCUT2D eigenvalue weighted by Gasteiger charge is 2.21. The van der Waals surface area contributed by atoms with Crippen LogP contribution in [0.3, 0.4) is 0 Å². The van der Waals surface area contributed by atoms with E-state index in [1.165, 1.54) is 19.3 Å². The van der Waals surface area contributed by atoms with Crippen LogP contribution in [-0.2, 0) is 0 Å². The van der Waals surface area contributed by atoms with Crippen LogP contribution in [0, 0.1) is 6.92 Å². The Kier molecular flexibility index (Phi) is 5.10. The van der Waals surface area contributed by atoms with Crippen LogP contribution < -0.4 is 10.2 Å². The van der Waals surface area contributed by atoms with Crippen molar-refractivity contribution in [2.45, 2.75) is 45.1 Å². The smallest absolute Gasteiger partial charge is 0.270 e. The molecule has 1 amide bonds. The van der Waals surface area contributed by atoms with Gasteiger partial charge < -0.3 is 15.1 Å². The average Bonchev–Trinajstić information content (AvgIpc) is 2.56. The van der Waals surface area contributed by atoms with Crippen molar-refractivity contribution in [2.24, 2.45) is 0 Å². The largest absolute Gasteiger partial charge is 0.348 e. The summed E-state index contributed by atoms with van der Waals surface area (Å²) in [6, 6.07) is 2.09. The number of anilines is 1. The van der Waals surface area contributed by atoms with Crippen LogP contribution in [0.25, 0.3) is 0 Å². The Morgan fingerprint density at radius 1 is 1.13 bits per heavy atom. The third kappa shape index (κ3) is 4.19. The fraction of sp³-hybridized carbons (Fsp3) is 0.706. The zero-order valence-corrected chi connectivity index (χ0v) is 14.2. The average molecular weight is 317 g/mol. The summed E-state index contributed by atoms with van der Waals surface area (Å²) in [4.78, 5) is 26.0. The zero-order chi connectivity index (χ0) is 16.2. The second-order valence-electron chi connectivity index (χ2n) is 6.79. The first kappa shape index (κ1) is 16.2. The van der Waals surface area contributed by atoms with E-state index >= 15 is 0 Å². The number of amides is 1. The second kappa shape index (κ2) is 7.25. The summed E-state index contributed by atoms with van der Waals surface area (Å²) in [5.74, 6) is 0.629. The summed E-state index contributed by atoms with van der Waals surface area (Å²) in [5.41, 5.74) is 1.35. The molecule has 0 bridgehead atoms. The van der Waals surface area contributed by atoms with E-state index in [0.29, 0.717) is 17.7 Å². The van der Waals surface area contributed by atoms with Gasteiger partial charge >= 0.3 is 0 Å². The molecule has 6 heteroatoms. The predicted octanol–water partition coefficient (Wildman–Crippen LogP) is 1.60. The van der Waals surface area contributed by atoms with Gasteiger partial charge in [0.25, 0.3) is 5.91 Å². The van der Waals surface area contributed by atoms with E-state index in [0.717, 1.165) is 44.7 Å². The van der Waals surface area contributed by atoms with Crippen LogP contribution in [0.4, 0.5) is 5.95 Å². The maximum Gasteiger partial charge on any atom is 0.270 e. The first-order chi connectivity index (χ1) is 11.1. The molecule has 2 aliphatic rings. The summed E-state index contributed by atoms with van der Waals surface area (Å²) >= 11 is 0. The third-order valence-electron chi connectivity index (χ3n) is 4.80. The summed E-state index contributed by atoms with van der Waals surface area (Å²) in [5, 5.41) is 3.14. The van der Waals surface area contributed by atoms with Gasteiger partial charge in [-0.25, -0.2) is 9.97 Å². The number of rotatable bonds is 3. The van der Waals surface area contributed by atoms with Crippen molar-refractivity contribution in [1.29, 1.82) is 0 Å². The molecule has 1 aromatic heterocycles. The number of nitrogens with zero attached hydrogens (tertiary/aromatic N) is 4. The minimum absolute atomic E-state index is 0.0576. The lowest BCUT2D eigenvalue weighted by Crippen LogP contribution is -2.45. The summed E-state index contributed by atoms with van der Waals surface area (Å²) in [6.07, 6.45) is 5.87. The quantitative estimate of drug-likeness (QED) is 0.917. The van der Waals surface area contributed by atoms with E-state index in [1.54, 1.807) is 6.07 Å². The number of hydrogen-bond acceptors (Lipinski definition) is 5. The fourth-order valence-corrected chi connectivity index (χ4v) is 3.32. The van der Waals surface area contributed by atoms with Gasteiger partial charge in [-0.2, -0.15) is 0 Å². The number of likely N-dealkylation sites (N-methyl/N-ethyl adjacent to an activating group) is 1. The van der Waals surface area contributed by atoms with E-state index in [-0.39, 0.29) is 5.91 Å². The Hall–Kier alpha value is -1.69. The Balaban J connectivity index is 1.70. The van der Waals surface area contributed by atoms with Gasteiger partial charge in [0.05, 0.1) is 0 Å². The number of carbonyl (C=O) groups is 1. The lowest BCUT2D eigenvalue weighted by atomic mass is 9.95. The first-order valence-corrected chi connectivity index (χ1v) is 8.72. The molecule has 0 spiro atoms. The van der Waals surface area contributed by atoms with E-state index in [2.05, 4.69) is 32.1 Å². The van der Waals surface area contributed by atoms with Gasteiger partial charge in [0.2, 0.25) is 5.95 Å². The van der Waals surface area contributed by atoms with Crippen LogP contribution in [0.5, 0.6) is 0 Å². The highest BCUT2D eigenvalue weighted by atomic mass is 16.1. The van der Waals surface area contributed by atoms with Gasteiger partial charge in [0.15, 0.2) is 0 Å². The molecule has 3 rings (SSSR count). The van der Waals surface area contributed by atoms with Gasteiger partial charge in [0.1, 0.15) is 5.69 Å². The van der Waals surface area contributed by atoms with Crippen LogP contribution in [0.2, 0.25) is 0 Å². The summed E-state index contributed by atoms with van der Waals surface area (Å²) in [6.45, 7) is 5.74. The van der Waals surface area contributed by atoms with Crippen LogP contribution in [-0.4, -0.2) is 60.0 Å². The lowest BCUT2D eigenvalue weighted by Gasteiger charge is -2.32. The Labute approximate surface area is 138 Å². The molecule has 1 aromatic rings. The maximum atomic E-state index is 12.5. The van der Waals surface area contributed by atoms with Crippen molar-refractivity contribution < 1.29 is 4.79 Å². The molecular weight excluding hydrogens is 290 g/mol. The number of aromatic nitrogens is 2. The Morgan fingerprint density at radius 3 is 2.52 bits per heavy atom. The fourth-order valence-electron chi connectivity index (χ4n) is 3.32. The minimum Gasteiger partial charge on any atom is -0.348 e. The molecule has 1 N–H and O–H groups in total. The van der Waals surface area contributed by atoms with Crippen molar-refractivity contribution >= 4 is 11.9 Å². The van der Waals surface area contributed by atoms with Crippen molar-refractivity contribution in [3.05, 3.63) is 17.5 Å². The highest BCUT2D eigenvalue weighted by Crippen LogP contribution is 2.18. The molecule has 2 fully saturated rings. The zero-order valence-electron chi connectivity index (χ0n) is 14.2. The van der Waals surface area contributed by atoms with Crippen molar-refractivity contribution in [1.82, 2.24) is 20.2 Å². The van der Waals surface area contributed by atoms with Crippen LogP contribution >= 0.6 is 0 Å². The van der Waals surface area contributed by atoms with Gasteiger partial charge in [-0.15, -0.1) is 0 Å². The standard InChI is InChI=1S/C17H27N5O/c1-13-12-15(16(23)19-14-6-4-3-5-7-14)20-17(18-13)22-10-8-21(2)9-11-22/h12,14H,3-11H2,1-2H3,(H,19,23). The van der Waals surface area contributed by atoms with Gasteiger partial charge in [-0.1, -0.05) is 19.3 Å². The van der Waals surface area contributed by atoms with Crippen molar-refractivity contribution in [3.63, 3.8) is 0 Å². The van der Waals surface area contributed by atoms with Crippen LogP contribution in [0.15, 0.2) is 6.07 Å². The summed E-state index contributed by atoms with van der Waals surface area (Å²) in [7, 11) is 2.12. The number of hydrogen-bond donors (Lipinski definition) is 1. The summed E-state index contributed by atoms with van der Waals surface area (Å²) < 4.78 is 0. The molecule has 1 saturated carbocycles. The van der Waals surface area contributed by atoms with E-state index in [4.69, 9.17) is 0 Å². The monoisotopic (exact) mass is 317 g/mol. The molecule has 1 aliphatic carbocycles. The number of piperazine rings is 1. The number of nitrogens with one attached hydrogen (secondary N) is 1. The molecule has 1 aliphatic heterocycles. The lowest BCUT2D eigenvalue weighted by molar-refractivity contribution is 0.0922. The van der Waals surface area contributed by atoms with E-state index in [9.17, 15) is 4.79 Å². The van der Waals surface area contributed by atoms with Gasteiger partial charge in [-0.05, 0) is 32.9 Å². The van der Waals surface area contributed by atoms with Gasteiger partial charge in [0, 0.05) is 37.9 Å². The van der Waals surface area contributed by atoms with Crippen LogP contribution in [0.1, 0.15) is 48.3 Å². The molecule has 2 heterocycles. The van der Waals surface area contributed by atoms with Crippen molar-refractivity contribution in [3.8, 4) is 0 Å². The Bertz CT molecular complexity index is 548.